The maximum atomic E-state index is 6.26. The van der Waals surface area contributed by atoms with Gasteiger partial charge in [0.1, 0.15) is 0 Å². The molecule has 2 nitrogen and oxygen atoms in total. The molecule has 0 aliphatic rings. The summed E-state index contributed by atoms with van der Waals surface area (Å²) in [7, 11) is 0. The summed E-state index contributed by atoms with van der Waals surface area (Å²) in [6.07, 6.45) is 11.8. The van der Waals surface area contributed by atoms with Gasteiger partial charge >= 0.3 is 0 Å². The Morgan fingerprint density at radius 1 is 0.783 bits per heavy atom. The highest BCUT2D eigenvalue weighted by molar-refractivity contribution is 7.80. The molecular weight excluding hydrogens is 304 g/mol. The molecule has 0 rings (SSSR count). The highest BCUT2D eigenvalue weighted by Crippen LogP contribution is 2.34. The molecule has 0 aromatic carbocycles. The highest BCUT2D eigenvalue weighted by Gasteiger charge is 2.37. The number of unbranched alkanes of at least 4 members (excludes halogenated alkanes) is 5. The van der Waals surface area contributed by atoms with E-state index in [4.69, 9.17) is 9.47 Å². The first-order chi connectivity index (χ1) is 10.9. The summed E-state index contributed by atoms with van der Waals surface area (Å²) in [5.74, 6) is 0.909. The van der Waals surface area contributed by atoms with E-state index < -0.39 is 5.79 Å². The molecular formula is C20H42O2S. The molecule has 1 unspecified atom stereocenters. The first-order valence-corrected chi connectivity index (χ1v) is 10.5. The second kappa shape index (κ2) is 13.5. The van der Waals surface area contributed by atoms with E-state index in [1.165, 1.54) is 44.9 Å². The number of rotatable bonds is 15. The van der Waals surface area contributed by atoms with Crippen LogP contribution in [0, 0.1) is 5.92 Å². The first kappa shape index (κ1) is 23.3. The smallest absolute Gasteiger partial charge is 0.168 e. The molecule has 0 N–H and O–H groups in total. The first-order valence-electron chi connectivity index (χ1n) is 9.82. The summed E-state index contributed by atoms with van der Waals surface area (Å²) in [6, 6.07) is 0. The van der Waals surface area contributed by atoms with E-state index in [0.29, 0.717) is 5.92 Å². The lowest BCUT2D eigenvalue weighted by Crippen LogP contribution is -2.44. The third kappa shape index (κ3) is 11.4. The summed E-state index contributed by atoms with van der Waals surface area (Å²) >= 11 is 4.40. The van der Waals surface area contributed by atoms with E-state index in [1.54, 1.807) is 0 Å². The van der Waals surface area contributed by atoms with E-state index in [2.05, 4.69) is 54.2 Å². The Labute approximate surface area is 151 Å². The molecule has 0 aromatic heterocycles. The van der Waals surface area contributed by atoms with Crippen molar-refractivity contribution >= 4 is 12.6 Å². The van der Waals surface area contributed by atoms with Crippen molar-refractivity contribution < 1.29 is 9.47 Å². The topological polar surface area (TPSA) is 18.5 Å². The predicted molar refractivity (Wildman–Crippen MR) is 105 cm³/mol. The van der Waals surface area contributed by atoms with E-state index in [-0.39, 0.29) is 12.2 Å². The fraction of sp³-hybridized carbons (Fsp3) is 1.00. The van der Waals surface area contributed by atoms with Gasteiger partial charge < -0.3 is 9.47 Å². The Kier molecular flexibility index (Phi) is 13.7. The van der Waals surface area contributed by atoms with Gasteiger partial charge in [0.2, 0.25) is 0 Å². The lowest BCUT2D eigenvalue weighted by atomic mass is 9.88. The van der Waals surface area contributed by atoms with Crippen LogP contribution in [0.3, 0.4) is 0 Å². The second-order valence-electron chi connectivity index (χ2n) is 7.47. The predicted octanol–water partition coefficient (Wildman–Crippen LogP) is 6.63. The third-order valence-electron chi connectivity index (χ3n) is 4.30. The zero-order chi connectivity index (χ0) is 17.7. The second-order valence-corrected chi connectivity index (χ2v) is 7.92. The van der Waals surface area contributed by atoms with Gasteiger partial charge in [0.15, 0.2) is 5.79 Å². The van der Waals surface area contributed by atoms with Crippen LogP contribution < -0.4 is 0 Å². The molecule has 3 heteroatoms. The van der Waals surface area contributed by atoms with Crippen LogP contribution >= 0.6 is 12.6 Å². The van der Waals surface area contributed by atoms with Gasteiger partial charge in [0.05, 0.1) is 12.2 Å². The van der Waals surface area contributed by atoms with Crippen LogP contribution in [0.15, 0.2) is 0 Å². The molecule has 23 heavy (non-hydrogen) atoms. The van der Waals surface area contributed by atoms with Gasteiger partial charge in [-0.25, -0.2) is 0 Å². The van der Waals surface area contributed by atoms with Gasteiger partial charge in [-0.1, -0.05) is 45.4 Å². The summed E-state index contributed by atoms with van der Waals surface area (Å²) in [6.45, 7) is 12.8. The zero-order valence-corrected chi connectivity index (χ0v) is 17.5. The zero-order valence-electron chi connectivity index (χ0n) is 16.6. The fourth-order valence-corrected chi connectivity index (χ4v) is 3.52. The molecule has 0 spiro atoms. The van der Waals surface area contributed by atoms with E-state index in [1.807, 2.05) is 0 Å². The van der Waals surface area contributed by atoms with Gasteiger partial charge in [-0.2, -0.15) is 12.6 Å². The minimum atomic E-state index is -0.477. The molecule has 0 heterocycles. The maximum Gasteiger partial charge on any atom is 0.168 e. The van der Waals surface area contributed by atoms with Gasteiger partial charge in [-0.05, 0) is 59.6 Å². The van der Waals surface area contributed by atoms with Gasteiger partial charge in [0, 0.05) is 5.92 Å². The van der Waals surface area contributed by atoms with Crippen molar-refractivity contribution in [1.82, 2.24) is 0 Å². The fourth-order valence-electron chi connectivity index (χ4n) is 3.33. The molecule has 0 saturated carbocycles. The average molecular weight is 347 g/mol. The molecule has 0 amide bonds. The Bertz CT molecular complexity index is 256. The monoisotopic (exact) mass is 346 g/mol. The number of ether oxygens (including phenoxy) is 2. The van der Waals surface area contributed by atoms with Crippen LogP contribution in [0.4, 0.5) is 0 Å². The minimum Gasteiger partial charge on any atom is -0.347 e. The van der Waals surface area contributed by atoms with Gasteiger partial charge in [0.25, 0.3) is 0 Å². The number of hydrogen-bond acceptors (Lipinski definition) is 3. The number of thiol groups is 1. The Morgan fingerprint density at radius 2 is 1.26 bits per heavy atom. The SMILES string of the molecule is CCCCCCCCC(CCCS)C(C)(OC(C)C)OC(C)C. The quantitative estimate of drug-likeness (QED) is 0.204. The molecule has 0 aromatic rings. The largest absolute Gasteiger partial charge is 0.347 e. The molecule has 0 aliphatic heterocycles. The Hall–Kier alpha value is 0.270. The van der Waals surface area contributed by atoms with Crippen molar-refractivity contribution in [2.45, 2.75) is 117 Å². The van der Waals surface area contributed by atoms with Crippen LogP contribution in [-0.4, -0.2) is 23.7 Å². The Balaban J connectivity index is 4.64. The Morgan fingerprint density at radius 3 is 1.74 bits per heavy atom. The summed E-state index contributed by atoms with van der Waals surface area (Å²) in [5.41, 5.74) is 0. The van der Waals surface area contributed by atoms with Crippen molar-refractivity contribution in [3.05, 3.63) is 0 Å². The molecule has 140 valence electrons. The average Bonchev–Trinajstić information content (AvgIpc) is 2.43. The highest BCUT2D eigenvalue weighted by atomic mass is 32.1. The molecule has 0 saturated heterocycles. The summed E-state index contributed by atoms with van der Waals surface area (Å²) < 4.78 is 12.5. The summed E-state index contributed by atoms with van der Waals surface area (Å²) in [5, 5.41) is 0. The van der Waals surface area contributed by atoms with E-state index >= 15 is 0 Å². The minimum absolute atomic E-state index is 0.182. The van der Waals surface area contributed by atoms with Crippen LogP contribution in [0.25, 0.3) is 0 Å². The molecule has 0 aliphatic carbocycles. The third-order valence-corrected chi connectivity index (χ3v) is 4.61. The van der Waals surface area contributed by atoms with Crippen molar-refractivity contribution in [1.29, 1.82) is 0 Å². The van der Waals surface area contributed by atoms with E-state index in [0.717, 1.165) is 18.6 Å². The number of hydrogen-bond donors (Lipinski definition) is 1. The van der Waals surface area contributed by atoms with Crippen molar-refractivity contribution in [2.75, 3.05) is 5.75 Å². The van der Waals surface area contributed by atoms with Crippen molar-refractivity contribution in [3.8, 4) is 0 Å². The summed E-state index contributed by atoms with van der Waals surface area (Å²) in [4.78, 5) is 0. The standard InChI is InChI=1S/C20H42O2S/c1-7-8-9-10-11-12-14-19(15-13-16-23)20(6,21-17(2)3)22-18(4)5/h17-19,23H,7-16H2,1-6H3. The van der Waals surface area contributed by atoms with Gasteiger partial charge in [-0.3, -0.25) is 0 Å². The lowest BCUT2D eigenvalue weighted by molar-refractivity contribution is -0.287. The molecule has 0 bridgehead atoms. The molecule has 0 fully saturated rings. The van der Waals surface area contributed by atoms with Crippen LogP contribution in [-0.2, 0) is 9.47 Å². The normalized spacial score (nSPS) is 14.0. The van der Waals surface area contributed by atoms with Crippen molar-refractivity contribution in [3.63, 3.8) is 0 Å². The van der Waals surface area contributed by atoms with Crippen LogP contribution in [0.1, 0.15) is 99.3 Å². The molecule has 1 atom stereocenters. The molecule has 0 radical (unpaired) electrons. The maximum absolute atomic E-state index is 6.26. The van der Waals surface area contributed by atoms with Crippen LogP contribution in [0.2, 0.25) is 0 Å². The van der Waals surface area contributed by atoms with Gasteiger partial charge in [-0.15, -0.1) is 0 Å². The van der Waals surface area contributed by atoms with E-state index in [9.17, 15) is 0 Å². The van der Waals surface area contributed by atoms with Crippen molar-refractivity contribution in [2.24, 2.45) is 5.92 Å². The van der Waals surface area contributed by atoms with Crippen LogP contribution in [0.5, 0.6) is 0 Å². The lowest BCUT2D eigenvalue weighted by Gasteiger charge is -2.40.